The Hall–Kier alpha value is -3.76. The summed E-state index contributed by atoms with van der Waals surface area (Å²) >= 11 is 3.19. The number of rotatable bonds is 13. The molecule has 8 nitrogen and oxygen atoms in total. The molecule has 0 amide bonds. The Morgan fingerprint density at radius 2 is 0.905 bits per heavy atom. The second kappa shape index (κ2) is 14.4. The van der Waals surface area contributed by atoms with Crippen molar-refractivity contribution in [2.75, 3.05) is 77.9 Å². The molecule has 0 aliphatic carbocycles. The highest BCUT2D eigenvalue weighted by Crippen LogP contribution is 2.41. The van der Waals surface area contributed by atoms with E-state index in [1.54, 1.807) is 52.0 Å². The lowest BCUT2D eigenvalue weighted by Gasteiger charge is -2.25. The van der Waals surface area contributed by atoms with Crippen molar-refractivity contribution in [1.29, 1.82) is 0 Å². The maximum absolute atomic E-state index is 5.59. The Kier molecular flexibility index (Phi) is 10.7. The van der Waals surface area contributed by atoms with E-state index in [-0.39, 0.29) is 0 Å². The summed E-state index contributed by atoms with van der Waals surface area (Å²) in [4.78, 5) is 15.8. The standard InChI is InChI=1S/C32H38N4O4S2/c1-35(23-9-11-25(33-19-23)21-15-27(37-3)31(41-7)28(16-21)38-4)13-14-36(2)24-10-12-26(34-20-24)22-17-29(39-5)32(42-8)30(18-22)40-6/h9-12,15-20H,13-14H2,1-8H3. The largest absolute Gasteiger partial charge is 0.495 e. The van der Waals surface area contributed by atoms with E-state index < -0.39 is 0 Å². The average molecular weight is 607 g/mol. The van der Waals surface area contributed by atoms with Gasteiger partial charge in [0.1, 0.15) is 23.0 Å². The summed E-state index contributed by atoms with van der Waals surface area (Å²) in [6.45, 7) is 1.63. The van der Waals surface area contributed by atoms with Gasteiger partial charge in [-0.05, 0) is 61.0 Å². The molecule has 0 radical (unpaired) electrons. The highest BCUT2D eigenvalue weighted by Gasteiger charge is 2.15. The molecule has 2 aromatic heterocycles. The van der Waals surface area contributed by atoms with Gasteiger partial charge in [0.05, 0.1) is 73.4 Å². The molecule has 0 saturated carbocycles. The first kappa shape index (κ1) is 31.2. The van der Waals surface area contributed by atoms with Crippen LogP contribution in [-0.2, 0) is 0 Å². The molecule has 0 unspecified atom stereocenters. The monoisotopic (exact) mass is 606 g/mol. The number of thioether (sulfide) groups is 2. The van der Waals surface area contributed by atoms with Gasteiger partial charge in [-0.15, -0.1) is 23.5 Å². The number of ether oxygens (including phenoxy) is 4. The average Bonchev–Trinajstić information content (AvgIpc) is 3.05. The third-order valence-corrected chi connectivity index (χ3v) is 8.69. The number of methoxy groups -OCH3 is 4. The van der Waals surface area contributed by atoms with Gasteiger partial charge in [-0.25, -0.2) is 0 Å². The minimum absolute atomic E-state index is 0.776. The highest BCUT2D eigenvalue weighted by molar-refractivity contribution is 7.99. The molecule has 10 heteroatoms. The number of hydrogen-bond donors (Lipinski definition) is 0. The molecule has 0 fully saturated rings. The lowest BCUT2D eigenvalue weighted by molar-refractivity contribution is 0.376. The molecule has 4 aromatic rings. The van der Waals surface area contributed by atoms with Crippen LogP contribution in [0.3, 0.4) is 0 Å². The fourth-order valence-corrected chi connectivity index (χ4v) is 5.96. The number of anilines is 2. The van der Waals surface area contributed by atoms with Crippen LogP contribution in [0.5, 0.6) is 23.0 Å². The van der Waals surface area contributed by atoms with Gasteiger partial charge in [0.25, 0.3) is 0 Å². The van der Waals surface area contributed by atoms with E-state index in [9.17, 15) is 0 Å². The Morgan fingerprint density at radius 3 is 1.14 bits per heavy atom. The molecular formula is C32H38N4O4S2. The van der Waals surface area contributed by atoms with E-state index in [4.69, 9.17) is 28.9 Å². The molecule has 0 spiro atoms. The van der Waals surface area contributed by atoms with Gasteiger partial charge in [0.15, 0.2) is 0 Å². The fourth-order valence-electron chi connectivity index (χ4n) is 4.58. The van der Waals surface area contributed by atoms with E-state index in [1.807, 2.05) is 61.3 Å². The van der Waals surface area contributed by atoms with Gasteiger partial charge in [-0.1, -0.05) is 0 Å². The van der Waals surface area contributed by atoms with Crippen LogP contribution in [0.15, 0.2) is 70.7 Å². The Bertz CT molecular complexity index is 1320. The molecule has 4 rings (SSSR count). The zero-order valence-electron chi connectivity index (χ0n) is 25.4. The van der Waals surface area contributed by atoms with Crippen molar-refractivity contribution in [3.63, 3.8) is 0 Å². The van der Waals surface area contributed by atoms with Crippen molar-refractivity contribution in [2.24, 2.45) is 0 Å². The normalized spacial score (nSPS) is 10.8. The van der Waals surface area contributed by atoms with E-state index in [0.717, 1.165) is 79.8 Å². The first-order valence-electron chi connectivity index (χ1n) is 13.3. The smallest absolute Gasteiger partial charge is 0.136 e. The van der Waals surface area contributed by atoms with Crippen molar-refractivity contribution in [3.05, 3.63) is 60.9 Å². The van der Waals surface area contributed by atoms with Crippen LogP contribution in [0, 0.1) is 0 Å². The molecule has 42 heavy (non-hydrogen) atoms. The van der Waals surface area contributed by atoms with E-state index in [0.29, 0.717) is 0 Å². The fraction of sp³-hybridized carbons (Fsp3) is 0.312. The van der Waals surface area contributed by atoms with Crippen LogP contribution in [0.2, 0.25) is 0 Å². The maximum Gasteiger partial charge on any atom is 0.136 e. The van der Waals surface area contributed by atoms with Crippen LogP contribution in [0.25, 0.3) is 22.5 Å². The first-order chi connectivity index (χ1) is 20.4. The van der Waals surface area contributed by atoms with Crippen molar-refractivity contribution in [3.8, 4) is 45.5 Å². The van der Waals surface area contributed by atoms with Gasteiger partial charge >= 0.3 is 0 Å². The number of benzene rings is 2. The molecule has 0 aliphatic rings. The van der Waals surface area contributed by atoms with Gasteiger partial charge in [0.2, 0.25) is 0 Å². The second-order valence-corrected chi connectivity index (χ2v) is 11.1. The van der Waals surface area contributed by atoms with Crippen LogP contribution in [-0.4, -0.2) is 78.1 Å². The molecule has 0 aliphatic heterocycles. The quantitative estimate of drug-likeness (QED) is 0.151. The number of hydrogen-bond acceptors (Lipinski definition) is 10. The predicted octanol–water partition coefficient (Wildman–Crippen LogP) is 6.86. The van der Waals surface area contributed by atoms with Crippen LogP contribution < -0.4 is 28.7 Å². The molecule has 0 saturated heterocycles. The van der Waals surface area contributed by atoms with Crippen LogP contribution in [0.1, 0.15) is 0 Å². The maximum atomic E-state index is 5.59. The molecule has 0 bridgehead atoms. The summed E-state index contributed by atoms with van der Waals surface area (Å²) in [5.41, 5.74) is 5.69. The summed E-state index contributed by atoms with van der Waals surface area (Å²) in [7, 11) is 10.8. The third-order valence-electron chi connectivity index (χ3n) is 7.07. The topological polar surface area (TPSA) is 69.2 Å². The van der Waals surface area contributed by atoms with Gasteiger partial charge in [0, 0.05) is 38.3 Å². The van der Waals surface area contributed by atoms with Crippen molar-refractivity contribution < 1.29 is 18.9 Å². The molecular weight excluding hydrogens is 569 g/mol. The van der Waals surface area contributed by atoms with Crippen molar-refractivity contribution in [1.82, 2.24) is 9.97 Å². The Balaban J connectivity index is 1.41. The number of aromatic nitrogens is 2. The molecule has 222 valence electrons. The van der Waals surface area contributed by atoms with Gasteiger partial charge in [-0.3, -0.25) is 9.97 Å². The SMILES string of the molecule is COc1cc(-c2ccc(N(C)CCN(C)c3ccc(-c4cc(OC)c(SC)c(OC)c4)nc3)cn2)cc(OC)c1SC. The lowest BCUT2D eigenvalue weighted by atomic mass is 10.1. The lowest BCUT2D eigenvalue weighted by Crippen LogP contribution is -2.30. The van der Waals surface area contributed by atoms with Gasteiger partial charge in [-0.2, -0.15) is 0 Å². The molecule has 2 heterocycles. The Labute approximate surface area is 257 Å². The summed E-state index contributed by atoms with van der Waals surface area (Å²) in [6, 6.07) is 16.2. The number of pyridine rings is 2. The molecule has 0 N–H and O–H groups in total. The number of likely N-dealkylation sites (N-methyl/N-ethyl adjacent to an activating group) is 2. The summed E-state index contributed by atoms with van der Waals surface area (Å²) in [5.74, 6) is 3.11. The summed E-state index contributed by atoms with van der Waals surface area (Å²) in [6.07, 6.45) is 7.82. The minimum atomic E-state index is 0.776. The molecule has 0 atom stereocenters. The summed E-state index contributed by atoms with van der Waals surface area (Å²) < 4.78 is 22.4. The van der Waals surface area contributed by atoms with Crippen molar-refractivity contribution in [2.45, 2.75) is 9.79 Å². The zero-order chi connectivity index (χ0) is 30.2. The number of nitrogens with zero attached hydrogens (tertiary/aromatic N) is 4. The molecule has 2 aromatic carbocycles. The predicted molar refractivity (Wildman–Crippen MR) is 176 cm³/mol. The Morgan fingerprint density at radius 1 is 0.571 bits per heavy atom. The summed E-state index contributed by atoms with van der Waals surface area (Å²) in [5, 5.41) is 0. The van der Waals surface area contributed by atoms with E-state index in [2.05, 4.69) is 36.0 Å². The first-order valence-corrected chi connectivity index (χ1v) is 15.8. The van der Waals surface area contributed by atoms with Gasteiger partial charge < -0.3 is 28.7 Å². The highest BCUT2D eigenvalue weighted by atomic mass is 32.2. The minimum Gasteiger partial charge on any atom is -0.495 e. The van der Waals surface area contributed by atoms with Crippen molar-refractivity contribution >= 4 is 34.9 Å². The van der Waals surface area contributed by atoms with Crippen LogP contribution in [0.4, 0.5) is 11.4 Å². The van der Waals surface area contributed by atoms with Crippen LogP contribution >= 0.6 is 23.5 Å². The zero-order valence-corrected chi connectivity index (χ0v) is 27.1. The third kappa shape index (κ3) is 6.82. The second-order valence-electron chi connectivity index (χ2n) is 9.47. The van der Waals surface area contributed by atoms with E-state index >= 15 is 0 Å². The van der Waals surface area contributed by atoms with E-state index in [1.165, 1.54) is 0 Å².